The molecule has 1 atom stereocenters. The Bertz CT molecular complexity index is 51.7. The lowest BCUT2D eigenvalue weighted by Crippen LogP contribution is -2.21. The first-order chi connectivity index (χ1) is 3.43. The molecular formula is C4H9NO2. The highest BCUT2D eigenvalue weighted by Gasteiger charge is 2.12. The molecule has 2 N–H and O–H groups in total. The predicted octanol–water partition coefficient (Wildman–Crippen LogP) is -0.682. The minimum absolute atomic E-state index is 0.153. The van der Waals surface area contributed by atoms with Gasteiger partial charge < -0.3 is 15.2 Å². The summed E-state index contributed by atoms with van der Waals surface area (Å²) in [6.45, 7) is 1.65. The van der Waals surface area contributed by atoms with E-state index < -0.39 is 0 Å². The SMILES string of the molecule is NC[C@H]1COCO1. The van der Waals surface area contributed by atoms with Crippen molar-refractivity contribution in [1.82, 2.24) is 0 Å². The van der Waals surface area contributed by atoms with Gasteiger partial charge in [0.05, 0.1) is 12.7 Å². The van der Waals surface area contributed by atoms with E-state index in [4.69, 9.17) is 15.2 Å². The Labute approximate surface area is 42.4 Å². The van der Waals surface area contributed by atoms with Crippen molar-refractivity contribution < 1.29 is 9.47 Å². The maximum Gasteiger partial charge on any atom is 0.147 e. The minimum Gasteiger partial charge on any atom is -0.353 e. The number of hydrogen-bond acceptors (Lipinski definition) is 3. The summed E-state index contributed by atoms with van der Waals surface area (Å²) in [7, 11) is 0. The summed E-state index contributed by atoms with van der Waals surface area (Å²) in [5.74, 6) is 0. The Balaban J connectivity index is 2.14. The number of hydrogen-bond donors (Lipinski definition) is 1. The highest BCUT2D eigenvalue weighted by atomic mass is 16.7. The first-order valence-electron chi connectivity index (χ1n) is 2.33. The fourth-order valence-electron chi connectivity index (χ4n) is 0.508. The van der Waals surface area contributed by atoms with E-state index in [1.165, 1.54) is 0 Å². The molecular weight excluding hydrogens is 94.0 g/mol. The van der Waals surface area contributed by atoms with Crippen LogP contribution in [0.4, 0.5) is 0 Å². The molecule has 1 saturated heterocycles. The van der Waals surface area contributed by atoms with Crippen LogP contribution in [0.5, 0.6) is 0 Å². The molecule has 0 aromatic rings. The molecule has 1 fully saturated rings. The standard InChI is InChI=1S/C4H9NO2/c5-1-4-2-6-3-7-4/h4H,1-3,5H2/t4-/m0/s1. The van der Waals surface area contributed by atoms with E-state index in [0.717, 1.165) is 0 Å². The molecule has 0 aliphatic carbocycles. The third kappa shape index (κ3) is 1.12. The quantitative estimate of drug-likeness (QED) is 0.478. The molecule has 1 aliphatic rings. The lowest BCUT2D eigenvalue weighted by atomic mass is 10.4. The largest absolute Gasteiger partial charge is 0.353 e. The van der Waals surface area contributed by atoms with Crippen molar-refractivity contribution in [1.29, 1.82) is 0 Å². The van der Waals surface area contributed by atoms with Crippen LogP contribution in [0.25, 0.3) is 0 Å². The Morgan fingerprint density at radius 3 is 2.86 bits per heavy atom. The van der Waals surface area contributed by atoms with Gasteiger partial charge in [-0.15, -0.1) is 0 Å². The van der Waals surface area contributed by atoms with Crippen molar-refractivity contribution in [2.75, 3.05) is 19.9 Å². The third-order valence-electron chi connectivity index (χ3n) is 0.954. The summed E-state index contributed by atoms with van der Waals surface area (Å²) in [4.78, 5) is 0. The summed E-state index contributed by atoms with van der Waals surface area (Å²) < 4.78 is 9.80. The molecule has 7 heavy (non-hydrogen) atoms. The molecule has 1 aliphatic heterocycles. The molecule has 0 aromatic heterocycles. The van der Waals surface area contributed by atoms with Crippen molar-refractivity contribution in [3.05, 3.63) is 0 Å². The van der Waals surface area contributed by atoms with Gasteiger partial charge in [0.1, 0.15) is 6.79 Å². The van der Waals surface area contributed by atoms with E-state index in [1.807, 2.05) is 0 Å². The monoisotopic (exact) mass is 103 g/mol. The van der Waals surface area contributed by atoms with Crippen LogP contribution in [0.2, 0.25) is 0 Å². The molecule has 0 aromatic carbocycles. The van der Waals surface area contributed by atoms with E-state index >= 15 is 0 Å². The summed E-state index contributed by atoms with van der Waals surface area (Å²) in [6, 6.07) is 0. The van der Waals surface area contributed by atoms with Gasteiger partial charge in [0, 0.05) is 6.54 Å². The van der Waals surface area contributed by atoms with E-state index in [9.17, 15) is 0 Å². The van der Waals surface area contributed by atoms with Gasteiger partial charge in [0.25, 0.3) is 0 Å². The lowest BCUT2D eigenvalue weighted by Gasteiger charge is -1.98. The van der Waals surface area contributed by atoms with Crippen molar-refractivity contribution in [3.63, 3.8) is 0 Å². The number of nitrogens with two attached hydrogens (primary N) is 1. The van der Waals surface area contributed by atoms with Crippen LogP contribution in [0.1, 0.15) is 0 Å². The van der Waals surface area contributed by atoms with Gasteiger partial charge >= 0.3 is 0 Å². The summed E-state index contributed by atoms with van der Waals surface area (Å²) in [5, 5.41) is 0. The third-order valence-corrected chi connectivity index (χ3v) is 0.954. The summed E-state index contributed by atoms with van der Waals surface area (Å²) in [5.41, 5.74) is 5.23. The molecule has 0 amide bonds. The van der Waals surface area contributed by atoms with Crippen LogP contribution < -0.4 is 5.73 Å². The van der Waals surface area contributed by atoms with Crippen LogP contribution in [-0.4, -0.2) is 26.0 Å². The minimum atomic E-state index is 0.153. The lowest BCUT2D eigenvalue weighted by molar-refractivity contribution is 0.0491. The van der Waals surface area contributed by atoms with Crippen LogP contribution in [0.3, 0.4) is 0 Å². The highest BCUT2D eigenvalue weighted by molar-refractivity contribution is 4.58. The van der Waals surface area contributed by atoms with Gasteiger partial charge in [-0.3, -0.25) is 0 Å². The molecule has 0 bridgehead atoms. The van der Waals surface area contributed by atoms with Crippen molar-refractivity contribution in [2.24, 2.45) is 5.73 Å². The van der Waals surface area contributed by atoms with E-state index in [-0.39, 0.29) is 6.10 Å². The molecule has 0 unspecified atom stereocenters. The smallest absolute Gasteiger partial charge is 0.147 e. The van der Waals surface area contributed by atoms with Crippen molar-refractivity contribution in [2.45, 2.75) is 6.10 Å². The van der Waals surface area contributed by atoms with Gasteiger partial charge in [0.2, 0.25) is 0 Å². The van der Waals surface area contributed by atoms with E-state index in [2.05, 4.69) is 0 Å². The van der Waals surface area contributed by atoms with E-state index in [1.54, 1.807) is 0 Å². The first kappa shape index (κ1) is 5.03. The van der Waals surface area contributed by atoms with Crippen molar-refractivity contribution >= 4 is 0 Å². The fraction of sp³-hybridized carbons (Fsp3) is 1.00. The van der Waals surface area contributed by atoms with Crippen LogP contribution >= 0.6 is 0 Å². The van der Waals surface area contributed by atoms with Gasteiger partial charge in [-0.25, -0.2) is 0 Å². The molecule has 0 saturated carbocycles. The van der Waals surface area contributed by atoms with E-state index in [0.29, 0.717) is 19.9 Å². The van der Waals surface area contributed by atoms with Crippen LogP contribution in [0, 0.1) is 0 Å². The molecule has 3 nitrogen and oxygen atoms in total. The fourth-order valence-corrected chi connectivity index (χ4v) is 0.508. The molecule has 1 rings (SSSR count). The van der Waals surface area contributed by atoms with Gasteiger partial charge in [0.15, 0.2) is 0 Å². The molecule has 0 spiro atoms. The number of ether oxygens (including phenoxy) is 2. The topological polar surface area (TPSA) is 44.5 Å². The second-order valence-electron chi connectivity index (χ2n) is 1.51. The normalized spacial score (nSPS) is 31.3. The zero-order valence-corrected chi connectivity index (χ0v) is 4.09. The molecule has 0 radical (unpaired) electrons. The van der Waals surface area contributed by atoms with Gasteiger partial charge in [-0.05, 0) is 0 Å². The zero-order chi connectivity index (χ0) is 5.11. The molecule has 1 heterocycles. The first-order valence-corrected chi connectivity index (χ1v) is 2.33. The van der Waals surface area contributed by atoms with Crippen molar-refractivity contribution in [3.8, 4) is 0 Å². The summed E-state index contributed by atoms with van der Waals surface area (Å²) in [6.07, 6.45) is 0.153. The molecule has 3 heteroatoms. The number of rotatable bonds is 1. The second-order valence-corrected chi connectivity index (χ2v) is 1.51. The average molecular weight is 103 g/mol. The zero-order valence-electron chi connectivity index (χ0n) is 4.09. The maximum atomic E-state index is 5.23. The maximum absolute atomic E-state index is 5.23. The summed E-state index contributed by atoms with van der Waals surface area (Å²) >= 11 is 0. The Morgan fingerprint density at radius 1 is 1.71 bits per heavy atom. The molecule has 42 valence electrons. The second kappa shape index (κ2) is 2.26. The van der Waals surface area contributed by atoms with Gasteiger partial charge in [-0.1, -0.05) is 0 Å². The average Bonchev–Trinajstić information content (AvgIpc) is 2.14. The van der Waals surface area contributed by atoms with Crippen LogP contribution in [-0.2, 0) is 9.47 Å². The Hall–Kier alpha value is -0.120. The van der Waals surface area contributed by atoms with Gasteiger partial charge in [-0.2, -0.15) is 0 Å². The van der Waals surface area contributed by atoms with Crippen LogP contribution in [0.15, 0.2) is 0 Å². The highest BCUT2D eigenvalue weighted by Crippen LogP contribution is 1.98. The Morgan fingerprint density at radius 2 is 2.57 bits per heavy atom. The predicted molar refractivity (Wildman–Crippen MR) is 24.7 cm³/mol. The Kier molecular flexibility index (Phi) is 1.62.